The van der Waals surface area contributed by atoms with Crippen LogP contribution in [0.15, 0.2) is 35.7 Å². The van der Waals surface area contributed by atoms with Crippen molar-refractivity contribution < 1.29 is 14.3 Å². The smallest absolute Gasteiger partial charge is 0.340 e. The molecule has 1 aromatic carbocycles. The second-order valence-corrected chi connectivity index (χ2v) is 4.64. The van der Waals surface area contributed by atoms with Gasteiger partial charge in [0.25, 0.3) is 0 Å². The van der Waals surface area contributed by atoms with Crippen molar-refractivity contribution in [3.8, 4) is 5.75 Å². The van der Waals surface area contributed by atoms with Crippen LogP contribution >= 0.6 is 11.3 Å². The molecule has 2 N–H and O–H groups in total. The third kappa shape index (κ3) is 2.81. The number of carbonyl (C=O) groups is 1. The van der Waals surface area contributed by atoms with Gasteiger partial charge in [-0.3, -0.25) is 0 Å². The minimum Gasteiger partial charge on any atom is -0.488 e. The number of rotatable bonds is 4. The summed E-state index contributed by atoms with van der Waals surface area (Å²) in [6.07, 6.45) is 0. The Hall–Kier alpha value is -2.01. The lowest BCUT2D eigenvalue weighted by molar-refractivity contribution is 0.0601. The van der Waals surface area contributed by atoms with Gasteiger partial charge in [-0.15, -0.1) is 11.3 Å². The Bertz CT molecular complexity index is 537. The molecule has 1 heterocycles. The van der Waals surface area contributed by atoms with Gasteiger partial charge in [0.15, 0.2) is 0 Å². The SMILES string of the molecule is COC(=O)c1cc(OCc2cccs2)ccc1N. The molecular formula is C13H13NO3S. The zero-order valence-corrected chi connectivity index (χ0v) is 10.7. The van der Waals surface area contributed by atoms with Crippen molar-refractivity contribution in [1.82, 2.24) is 0 Å². The maximum atomic E-state index is 11.5. The summed E-state index contributed by atoms with van der Waals surface area (Å²) in [4.78, 5) is 12.6. The van der Waals surface area contributed by atoms with Crippen LogP contribution in [0.3, 0.4) is 0 Å². The Kier molecular flexibility index (Phi) is 3.84. The third-order valence-corrected chi connectivity index (χ3v) is 3.24. The predicted octanol–water partition coefficient (Wildman–Crippen LogP) is 2.70. The molecule has 0 bridgehead atoms. The molecule has 0 aliphatic heterocycles. The Morgan fingerprint density at radius 2 is 2.22 bits per heavy atom. The number of thiophene rings is 1. The number of ether oxygens (including phenoxy) is 2. The van der Waals surface area contributed by atoms with E-state index in [0.29, 0.717) is 23.6 Å². The maximum Gasteiger partial charge on any atom is 0.340 e. The average molecular weight is 263 g/mol. The summed E-state index contributed by atoms with van der Waals surface area (Å²) < 4.78 is 10.2. The highest BCUT2D eigenvalue weighted by Crippen LogP contribution is 2.22. The standard InChI is InChI=1S/C13H13NO3S/c1-16-13(15)11-7-9(4-5-12(11)14)17-8-10-3-2-6-18-10/h2-7H,8,14H2,1H3. The van der Waals surface area contributed by atoms with Gasteiger partial charge in [-0.1, -0.05) is 6.07 Å². The number of nitrogens with two attached hydrogens (primary N) is 1. The highest BCUT2D eigenvalue weighted by molar-refractivity contribution is 7.09. The van der Waals surface area contributed by atoms with Crippen LogP contribution in [-0.2, 0) is 11.3 Å². The van der Waals surface area contributed by atoms with E-state index in [1.165, 1.54) is 7.11 Å². The van der Waals surface area contributed by atoms with E-state index in [1.807, 2.05) is 17.5 Å². The first-order valence-electron chi connectivity index (χ1n) is 5.33. The van der Waals surface area contributed by atoms with Crippen LogP contribution in [0.1, 0.15) is 15.2 Å². The number of hydrogen-bond donors (Lipinski definition) is 1. The van der Waals surface area contributed by atoms with Crippen LogP contribution in [0.4, 0.5) is 5.69 Å². The van der Waals surface area contributed by atoms with Gasteiger partial charge in [-0.05, 0) is 29.6 Å². The van der Waals surface area contributed by atoms with Crippen molar-refractivity contribution in [2.75, 3.05) is 12.8 Å². The van der Waals surface area contributed by atoms with Crippen molar-refractivity contribution in [3.63, 3.8) is 0 Å². The second-order valence-electron chi connectivity index (χ2n) is 3.61. The van der Waals surface area contributed by atoms with E-state index in [9.17, 15) is 4.79 Å². The molecule has 2 rings (SSSR count). The quantitative estimate of drug-likeness (QED) is 0.680. The van der Waals surface area contributed by atoms with E-state index in [1.54, 1.807) is 29.5 Å². The van der Waals surface area contributed by atoms with Crippen molar-refractivity contribution in [1.29, 1.82) is 0 Å². The number of esters is 1. The fourth-order valence-electron chi connectivity index (χ4n) is 1.46. The Labute approximate surface area is 109 Å². The van der Waals surface area contributed by atoms with Crippen LogP contribution in [0.5, 0.6) is 5.75 Å². The molecule has 0 spiro atoms. The molecule has 0 amide bonds. The summed E-state index contributed by atoms with van der Waals surface area (Å²) in [6.45, 7) is 0.474. The van der Waals surface area contributed by atoms with Crippen LogP contribution in [-0.4, -0.2) is 13.1 Å². The zero-order chi connectivity index (χ0) is 13.0. The molecule has 0 radical (unpaired) electrons. The van der Waals surface area contributed by atoms with Gasteiger partial charge in [0.1, 0.15) is 12.4 Å². The first-order valence-corrected chi connectivity index (χ1v) is 6.21. The fraction of sp³-hybridized carbons (Fsp3) is 0.154. The number of carbonyl (C=O) groups excluding carboxylic acids is 1. The van der Waals surface area contributed by atoms with E-state index in [0.717, 1.165) is 4.88 Å². The number of anilines is 1. The van der Waals surface area contributed by atoms with Crippen LogP contribution < -0.4 is 10.5 Å². The van der Waals surface area contributed by atoms with E-state index in [-0.39, 0.29) is 0 Å². The predicted molar refractivity (Wildman–Crippen MR) is 70.8 cm³/mol. The van der Waals surface area contributed by atoms with Crippen molar-refractivity contribution >= 4 is 23.0 Å². The molecule has 1 aromatic heterocycles. The molecule has 94 valence electrons. The number of nitrogen functional groups attached to an aromatic ring is 1. The molecule has 0 atom stereocenters. The third-order valence-electron chi connectivity index (χ3n) is 2.39. The normalized spacial score (nSPS) is 10.1. The van der Waals surface area contributed by atoms with E-state index < -0.39 is 5.97 Å². The summed E-state index contributed by atoms with van der Waals surface area (Å²) in [5.74, 6) is 0.132. The molecule has 18 heavy (non-hydrogen) atoms. The molecule has 0 fully saturated rings. The molecule has 0 unspecified atom stereocenters. The van der Waals surface area contributed by atoms with Crippen molar-refractivity contribution in [3.05, 3.63) is 46.2 Å². The minimum absolute atomic E-state index is 0.321. The van der Waals surface area contributed by atoms with E-state index >= 15 is 0 Å². The largest absolute Gasteiger partial charge is 0.488 e. The van der Waals surface area contributed by atoms with E-state index in [4.69, 9.17) is 10.5 Å². The highest BCUT2D eigenvalue weighted by Gasteiger charge is 2.11. The lowest BCUT2D eigenvalue weighted by Crippen LogP contribution is -2.06. The maximum absolute atomic E-state index is 11.5. The summed E-state index contributed by atoms with van der Waals surface area (Å²) in [5, 5.41) is 1.99. The first-order chi connectivity index (χ1) is 8.70. The number of benzene rings is 1. The Morgan fingerprint density at radius 1 is 1.39 bits per heavy atom. The summed E-state index contributed by atoms with van der Waals surface area (Å²) in [5.41, 5.74) is 6.40. The fourth-order valence-corrected chi connectivity index (χ4v) is 2.08. The molecular weight excluding hydrogens is 250 g/mol. The molecule has 5 heteroatoms. The lowest BCUT2D eigenvalue weighted by atomic mass is 10.2. The second kappa shape index (κ2) is 5.55. The van der Waals surface area contributed by atoms with Crippen LogP contribution in [0.2, 0.25) is 0 Å². The molecule has 0 aliphatic carbocycles. The van der Waals surface area contributed by atoms with Crippen LogP contribution in [0, 0.1) is 0 Å². The highest BCUT2D eigenvalue weighted by atomic mass is 32.1. The molecule has 4 nitrogen and oxygen atoms in total. The van der Waals surface area contributed by atoms with E-state index in [2.05, 4.69) is 4.74 Å². The first kappa shape index (κ1) is 12.4. The molecule has 2 aromatic rings. The summed E-state index contributed by atoms with van der Waals surface area (Å²) in [7, 11) is 1.32. The van der Waals surface area contributed by atoms with Gasteiger partial charge in [0.2, 0.25) is 0 Å². The molecule has 0 saturated heterocycles. The minimum atomic E-state index is -0.464. The topological polar surface area (TPSA) is 61.5 Å². The van der Waals surface area contributed by atoms with Crippen LogP contribution in [0.25, 0.3) is 0 Å². The van der Waals surface area contributed by atoms with Crippen molar-refractivity contribution in [2.24, 2.45) is 0 Å². The van der Waals surface area contributed by atoms with Gasteiger partial charge >= 0.3 is 5.97 Å². The Morgan fingerprint density at radius 3 is 2.89 bits per heavy atom. The summed E-state index contributed by atoms with van der Waals surface area (Å²) in [6, 6.07) is 8.91. The van der Waals surface area contributed by atoms with Gasteiger partial charge in [-0.25, -0.2) is 4.79 Å². The van der Waals surface area contributed by atoms with Gasteiger partial charge in [0.05, 0.1) is 12.7 Å². The average Bonchev–Trinajstić information content (AvgIpc) is 2.90. The van der Waals surface area contributed by atoms with Gasteiger partial charge in [0, 0.05) is 10.6 Å². The number of methoxy groups -OCH3 is 1. The van der Waals surface area contributed by atoms with Gasteiger partial charge in [-0.2, -0.15) is 0 Å². The monoisotopic (exact) mass is 263 g/mol. The Balaban J connectivity index is 2.12. The lowest BCUT2D eigenvalue weighted by Gasteiger charge is -2.08. The zero-order valence-electron chi connectivity index (χ0n) is 9.88. The molecule has 0 saturated carbocycles. The van der Waals surface area contributed by atoms with Crippen molar-refractivity contribution in [2.45, 2.75) is 6.61 Å². The number of hydrogen-bond acceptors (Lipinski definition) is 5. The summed E-state index contributed by atoms with van der Waals surface area (Å²) >= 11 is 1.62. The molecule has 0 aliphatic rings. The van der Waals surface area contributed by atoms with Gasteiger partial charge < -0.3 is 15.2 Å².